The molecule has 2 aromatic rings. The van der Waals surface area contributed by atoms with E-state index in [0.29, 0.717) is 5.82 Å². The lowest BCUT2D eigenvalue weighted by Gasteiger charge is -2.01. The summed E-state index contributed by atoms with van der Waals surface area (Å²) >= 11 is 0. The van der Waals surface area contributed by atoms with Crippen molar-refractivity contribution in [1.29, 1.82) is 0 Å². The Morgan fingerprint density at radius 3 is 2.52 bits per heavy atom. The lowest BCUT2D eigenvalue weighted by molar-refractivity contribution is -0.192. The van der Waals surface area contributed by atoms with Gasteiger partial charge in [-0.3, -0.25) is 10.1 Å². The molecular formula is C13H14F3N5O4. The number of carboxylic acids is 1. The molecule has 0 unspecified atom stereocenters. The van der Waals surface area contributed by atoms with Crippen molar-refractivity contribution >= 4 is 17.9 Å². The van der Waals surface area contributed by atoms with Crippen molar-refractivity contribution in [1.82, 2.24) is 19.7 Å². The van der Waals surface area contributed by atoms with Crippen LogP contribution in [0.5, 0.6) is 0 Å². The van der Waals surface area contributed by atoms with Crippen molar-refractivity contribution in [3.63, 3.8) is 0 Å². The van der Waals surface area contributed by atoms with E-state index >= 15 is 0 Å². The van der Waals surface area contributed by atoms with Crippen molar-refractivity contribution in [3.05, 3.63) is 24.0 Å². The Kier molecular flexibility index (Phi) is 5.09. The maximum absolute atomic E-state index is 11.9. The van der Waals surface area contributed by atoms with Crippen LogP contribution >= 0.6 is 0 Å². The SMILES string of the molecule is Cc1noc(NC(=O)[C@@H]2C[C@H]2c2cncn2C)n1.O=C(O)C(F)(F)F. The fourth-order valence-electron chi connectivity index (χ4n) is 2.08. The molecule has 1 saturated carbocycles. The standard InChI is InChI=1S/C11H13N5O2.C2HF3O2/c1-6-13-11(18-15-6)14-10(17)8-3-7(8)9-4-12-5-16(9)2;3-2(4,5)1(6)7/h4-5,7-8H,3H2,1-2H3,(H,13,14,15,17);(H,6,7)/t7-,8-;/m1./s1. The number of carbonyl (C=O) groups is 2. The van der Waals surface area contributed by atoms with Crippen LogP contribution in [0, 0.1) is 12.8 Å². The van der Waals surface area contributed by atoms with Crippen molar-refractivity contribution in [2.75, 3.05) is 5.32 Å². The molecule has 1 aliphatic rings. The van der Waals surface area contributed by atoms with E-state index in [0.717, 1.165) is 12.1 Å². The molecular weight excluding hydrogens is 347 g/mol. The number of aromatic nitrogens is 4. The van der Waals surface area contributed by atoms with E-state index < -0.39 is 12.1 Å². The van der Waals surface area contributed by atoms with Gasteiger partial charge in [0.15, 0.2) is 5.82 Å². The molecule has 9 nitrogen and oxygen atoms in total. The largest absolute Gasteiger partial charge is 0.490 e. The zero-order valence-corrected chi connectivity index (χ0v) is 13.1. The van der Waals surface area contributed by atoms with Gasteiger partial charge in [0.2, 0.25) is 5.91 Å². The number of carboxylic acid groups (broad SMARTS) is 1. The number of imidazole rings is 1. The number of nitrogens with one attached hydrogen (secondary N) is 1. The van der Waals surface area contributed by atoms with Gasteiger partial charge < -0.3 is 14.2 Å². The van der Waals surface area contributed by atoms with Gasteiger partial charge in [0, 0.05) is 30.8 Å². The molecule has 2 aromatic heterocycles. The number of halogens is 3. The Bertz CT molecular complexity index is 770. The minimum atomic E-state index is -5.08. The normalized spacial score (nSPS) is 18.9. The van der Waals surface area contributed by atoms with Crippen molar-refractivity contribution in [2.24, 2.45) is 13.0 Å². The molecule has 1 fully saturated rings. The van der Waals surface area contributed by atoms with Gasteiger partial charge in [0.25, 0.3) is 0 Å². The monoisotopic (exact) mass is 361 g/mol. The van der Waals surface area contributed by atoms with Crippen molar-refractivity contribution < 1.29 is 32.4 Å². The van der Waals surface area contributed by atoms with Crippen LogP contribution in [0.4, 0.5) is 19.2 Å². The molecule has 0 aliphatic heterocycles. The second kappa shape index (κ2) is 6.91. The Labute approximate surface area is 138 Å². The molecule has 0 aromatic carbocycles. The first kappa shape index (κ1) is 18.4. The molecule has 0 radical (unpaired) electrons. The Morgan fingerprint density at radius 1 is 1.44 bits per heavy atom. The van der Waals surface area contributed by atoms with E-state index in [-0.39, 0.29) is 23.8 Å². The van der Waals surface area contributed by atoms with Gasteiger partial charge in [-0.15, -0.1) is 0 Å². The highest BCUT2D eigenvalue weighted by Crippen LogP contribution is 2.47. The minimum absolute atomic E-state index is 0.0346. The number of nitrogens with zero attached hydrogens (tertiary/aromatic N) is 4. The van der Waals surface area contributed by atoms with Crippen LogP contribution in [0.3, 0.4) is 0 Å². The maximum Gasteiger partial charge on any atom is 0.490 e. The van der Waals surface area contributed by atoms with E-state index in [1.165, 1.54) is 0 Å². The average Bonchev–Trinajstić information content (AvgIpc) is 3.02. The molecule has 0 spiro atoms. The second-order valence-electron chi connectivity index (χ2n) is 5.32. The fourth-order valence-corrected chi connectivity index (χ4v) is 2.08. The number of hydrogen-bond donors (Lipinski definition) is 2. The van der Waals surface area contributed by atoms with Crippen LogP contribution in [0.15, 0.2) is 17.0 Å². The Hall–Kier alpha value is -2.92. The average molecular weight is 361 g/mol. The Balaban J connectivity index is 0.000000277. The van der Waals surface area contributed by atoms with Crippen LogP contribution in [0.1, 0.15) is 23.9 Å². The van der Waals surface area contributed by atoms with E-state index in [4.69, 9.17) is 14.4 Å². The molecule has 3 rings (SSSR count). The Morgan fingerprint density at radius 2 is 2.08 bits per heavy atom. The number of carbonyl (C=O) groups excluding carboxylic acids is 1. The predicted molar refractivity (Wildman–Crippen MR) is 75.4 cm³/mol. The number of amides is 1. The van der Waals surface area contributed by atoms with Gasteiger partial charge in [0.05, 0.1) is 6.33 Å². The van der Waals surface area contributed by atoms with Crippen LogP contribution in [-0.2, 0) is 16.6 Å². The molecule has 1 aliphatic carbocycles. The summed E-state index contributed by atoms with van der Waals surface area (Å²) < 4.78 is 38.5. The summed E-state index contributed by atoms with van der Waals surface area (Å²) in [4.78, 5) is 28.8. The predicted octanol–water partition coefficient (Wildman–Crippen LogP) is 1.49. The minimum Gasteiger partial charge on any atom is -0.475 e. The van der Waals surface area contributed by atoms with Crippen LogP contribution in [-0.4, -0.2) is 42.9 Å². The van der Waals surface area contributed by atoms with Gasteiger partial charge in [-0.2, -0.15) is 18.2 Å². The van der Waals surface area contributed by atoms with Crippen molar-refractivity contribution in [2.45, 2.75) is 25.4 Å². The lowest BCUT2D eigenvalue weighted by Crippen LogP contribution is -2.21. The summed E-state index contributed by atoms with van der Waals surface area (Å²) in [5.41, 5.74) is 1.08. The van der Waals surface area contributed by atoms with Gasteiger partial charge in [-0.25, -0.2) is 9.78 Å². The van der Waals surface area contributed by atoms with Crippen LogP contribution in [0.25, 0.3) is 0 Å². The summed E-state index contributed by atoms with van der Waals surface area (Å²) in [5.74, 6) is -2.13. The zero-order chi connectivity index (χ0) is 18.8. The van der Waals surface area contributed by atoms with E-state index in [1.54, 1.807) is 19.4 Å². The maximum atomic E-state index is 11.9. The highest BCUT2D eigenvalue weighted by Gasteiger charge is 2.45. The molecule has 0 saturated heterocycles. The van der Waals surface area contributed by atoms with Crippen LogP contribution < -0.4 is 5.32 Å². The molecule has 25 heavy (non-hydrogen) atoms. The fraction of sp³-hybridized carbons (Fsp3) is 0.462. The number of anilines is 1. The molecule has 0 bridgehead atoms. The van der Waals surface area contributed by atoms with Crippen LogP contribution in [0.2, 0.25) is 0 Å². The van der Waals surface area contributed by atoms with E-state index in [1.807, 2.05) is 11.6 Å². The highest BCUT2D eigenvalue weighted by atomic mass is 19.4. The summed E-state index contributed by atoms with van der Waals surface area (Å²) in [6, 6.07) is 0.160. The number of aliphatic carboxylic acids is 1. The second-order valence-corrected chi connectivity index (χ2v) is 5.32. The number of alkyl halides is 3. The third kappa shape index (κ3) is 4.78. The number of aryl methyl sites for hydroxylation is 2. The number of rotatable bonds is 3. The molecule has 136 valence electrons. The van der Waals surface area contributed by atoms with Gasteiger partial charge in [-0.1, -0.05) is 5.16 Å². The molecule has 2 atom stereocenters. The van der Waals surface area contributed by atoms with E-state index in [9.17, 15) is 18.0 Å². The summed E-state index contributed by atoms with van der Waals surface area (Å²) in [6.07, 6.45) is -0.711. The first-order valence-electron chi connectivity index (χ1n) is 6.97. The first-order chi connectivity index (χ1) is 11.6. The highest BCUT2D eigenvalue weighted by molar-refractivity contribution is 5.93. The lowest BCUT2D eigenvalue weighted by atomic mass is 10.2. The van der Waals surface area contributed by atoms with Gasteiger partial charge in [0.1, 0.15) is 0 Å². The summed E-state index contributed by atoms with van der Waals surface area (Å²) in [7, 11) is 1.93. The molecule has 2 N–H and O–H groups in total. The quantitative estimate of drug-likeness (QED) is 0.849. The summed E-state index contributed by atoms with van der Waals surface area (Å²) in [6.45, 7) is 1.70. The van der Waals surface area contributed by atoms with Gasteiger partial charge in [-0.05, 0) is 13.3 Å². The first-order valence-corrected chi connectivity index (χ1v) is 6.97. The third-order valence-electron chi connectivity index (χ3n) is 3.36. The number of hydrogen-bond acceptors (Lipinski definition) is 6. The molecule has 12 heteroatoms. The summed E-state index contributed by atoms with van der Waals surface area (Å²) in [5, 5.41) is 13.4. The van der Waals surface area contributed by atoms with Gasteiger partial charge >= 0.3 is 18.2 Å². The zero-order valence-electron chi connectivity index (χ0n) is 13.1. The van der Waals surface area contributed by atoms with Crippen molar-refractivity contribution in [3.8, 4) is 0 Å². The van der Waals surface area contributed by atoms with E-state index in [2.05, 4.69) is 20.4 Å². The smallest absolute Gasteiger partial charge is 0.475 e. The topological polar surface area (TPSA) is 123 Å². The third-order valence-corrected chi connectivity index (χ3v) is 3.36. The molecule has 1 amide bonds. The molecule has 2 heterocycles.